The summed E-state index contributed by atoms with van der Waals surface area (Å²) >= 11 is 0. The molecule has 2 aliphatic carbocycles. The Hall–Kier alpha value is -0.370. The molecule has 2 nitrogen and oxygen atoms in total. The van der Waals surface area contributed by atoms with E-state index in [1.54, 1.807) is 0 Å². The summed E-state index contributed by atoms with van der Waals surface area (Å²) in [6.07, 6.45) is 5.40. The lowest BCUT2D eigenvalue weighted by Crippen LogP contribution is -2.42. The first-order valence-corrected chi connectivity index (χ1v) is 5.42. The molecule has 0 aromatic rings. The van der Waals surface area contributed by atoms with Crippen molar-refractivity contribution >= 4 is 5.78 Å². The molecule has 0 N–H and O–H groups in total. The van der Waals surface area contributed by atoms with Crippen LogP contribution in [0.3, 0.4) is 0 Å². The number of nitrogens with zero attached hydrogens (tertiary/aromatic N) is 1. The molecule has 0 amide bonds. The SMILES string of the molecule is CC1CCC(=O)CC1N(C)C1CC1. The highest BCUT2D eigenvalue weighted by Crippen LogP contribution is 2.33. The van der Waals surface area contributed by atoms with E-state index in [4.69, 9.17) is 0 Å². The molecule has 0 saturated heterocycles. The standard InChI is InChI=1S/C11H19NO/c1-8-3-6-10(13)7-11(8)12(2)9-4-5-9/h8-9,11H,3-7H2,1-2H3. The van der Waals surface area contributed by atoms with Crippen molar-refractivity contribution in [1.29, 1.82) is 0 Å². The van der Waals surface area contributed by atoms with Gasteiger partial charge < -0.3 is 0 Å². The van der Waals surface area contributed by atoms with Crippen molar-refractivity contribution in [1.82, 2.24) is 4.90 Å². The number of rotatable bonds is 2. The van der Waals surface area contributed by atoms with E-state index in [1.165, 1.54) is 12.8 Å². The summed E-state index contributed by atoms with van der Waals surface area (Å²) in [6, 6.07) is 1.33. The predicted octanol–water partition coefficient (Wildman–Crippen LogP) is 1.84. The molecule has 0 heterocycles. The van der Waals surface area contributed by atoms with Crippen LogP contribution < -0.4 is 0 Å². The molecule has 0 aromatic heterocycles. The zero-order valence-electron chi connectivity index (χ0n) is 8.62. The fourth-order valence-corrected chi connectivity index (χ4v) is 2.42. The molecular formula is C11H19NO. The van der Waals surface area contributed by atoms with E-state index in [0.29, 0.717) is 17.7 Å². The molecule has 2 unspecified atom stereocenters. The molecule has 2 fully saturated rings. The van der Waals surface area contributed by atoms with Crippen molar-refractivity contribution < 1.29 is 4.79 Å². The van der Waals surface area contributed by atoms with Crippen LogP contribution in [0.4, 0.5) is 0 Å². The van der Waals surface area contributed by atoms with Gasteiger partial charge in [-0.05, 0) is 32.2 Å². The maximum absolute atomic E-state index is 11.3. The van der Waals surface area contributed by atoms with Crippen LogP contribution in [0, 0.1) is 5.92 Å². The van der Waals surface area contributed by atoms with E-state index in [0.717, 1.165) is 25.3 Å². The van der Waals surface area contributed by atoms with E-state index in [9.17, 15) is 4.79 Å². The second kappa shape index (κ2) is 3.41. The van der Waals surface area contributed by atoms with E-state index >= 15 is 0 Å². The molecule has 0 bridgehead atoms. The van der Waals surface area contributed by atoms with Crippen LogP contribution in [0.2, 0.25) is 0 Å². The number of carbonyl (C=O) groups excluding carboxylic acids is 1. The van der Waals surface area contributed by atoms with Gasteiger partial charge in [0.05, 0.1) is 0 Å². The number of hydrogen-bond donors (Lipinski definition) is 0. The highest BCUT2D eigenvalue weighted by Gasteiger charge is 2.36. The van der Waals surface area contributed by atoms with E-state index in [2.05, 4.69) is 18.9 Å². The normalized spacial score (nSPS) is 35.5. The first-order valence-electron chi connectivity index (χ1n) is 5.42. The van der Waals surface area contributed by atoms with Crippen molar-refractivity contribution in [3.05, 3.63) is 0 Å². The zero-order valence-corrected chi connectivity index (χ0v) is 8.62. The van der Waals surface area contributed by atoms with Gasteiger partial charge >= 0.3 is 0 Å². The highest BCUT2D eigenvalue weighted by molar-refractivity contribution is 5.79. The molecule has 74 valence electrons. The minimum Gasteiger partial charge on any atom is -0.300 e. The van der Waals surface area contributed by atoms with Crippen molar-refractivity contribution in [2.75, 3.05) is 7.05 Å². The molecule has 0 spiro atoms. The number of ketones is 1. The van der Waals surface area contributed by atoms with Gasteiger partial charge in [0.1, 0.15) is 5.78 Å². The maximum atomic E-state index is 11.3. The molecule has 2 heteroatoms. The van der Waals surface area contributed by atoms with Gasteiger partial charge in [-0.3, -0.25) is 9.69 Å². The van der Waals surface area contributed by atoms with Gasteiger partial charge in [-0.25, -0.2) is 0 Å². The molecule has 0 aromatic carbocycles. The van der Waals surface area contributed by atoms with Crippen LogP contribution >= 0.6 is 0 Å². The van der Waals surface area contributed by atoms with Crippen LogP contribution in [0.25, 0.3) is 0 Å². The molecule has 2 rings (SSSR count). The Kier molecular flexibility index (Phi) is 2.41. The van der Waals surface area contributed by atoms with Crippen LogP contribution in [0.15, 0.2) is 0 Å². The Labute approximate surface area is 80.3 Å². The lowest BCUT2D eigenvalue weighted by Gasteiger charge is -2.35. The zero-order chi connectivity index (χ0) is 9.42. The predicted molar refractivity (Wildman–Crippen MR) is 52.6 cm³/mol. The van der Waals surface area contributed by atoms with Crippen LogP contribution in [0.1, 0.15) is 39.0 Å². The van der Waals surface area contributed by atoms with Crippen LogP contribution in [-0.4, -0.2) is 29.8 Å². The summed E-state index contributed by atoms with van der Waals surface area (Å²) in [6.45, 7) is 2.29. The average Bonchev–Trinajstić information content (AvgIpc) is 2.91. The van der Waals surface area contributed by atoms with Gasteiger partial charge in [0.15, 0.2) is 0 Å². The number of Topliss-reactive ketones (excluding diaryl/α,β-unsaturated/α-hetero) is 1. The highest BCUT2D eigenvalue weighted by atomic mass is 16.1. The van der Waals surface area contributed by atoms with E-state index in [-0.39, 0.29) is 0 Å². The van der Waals surface area contributed by atoms with Crippen LogP contribution in [-0.2, 0) is 4.79 Å². The number of hydrogen-bond acceptors (Lipinski definition) is 2. The van der Waals surface area contributed by atoms with Crippen molar-refractivity contribution in [3.8, 4) is 0 Å². The summed E-state index contributed by atoms with van der Waals surface area (Å²) in [4.78, 5) is 13.8. The summed E-state index contributed by atoms with van der Waals surface area (Å²) in [5.41, 5.74) is 0. The first kappa shape index (κ1) is 9.20. The average molecular weight is 181 g/mol. The quantitative estimate of drug-likeness (QED) is 0.648. The summed E-state index contributed by atoms with van der Waals surface area (Å²) in [5, 5.41) is 0. The van der Waals surface area contributed by atoms with Crippen molar-refractivity contribution in [2.45, 2.75) is 51.1 Å². The van der Waals surface area contributed by atoms with Gasteiger partial charge in [0.2, 0.25) is 0 Å². The Bertz CT molecular complexity index is 210. The molecule has 2 aliphatic rings. The van der Waals surface area contributed by atoms with Crippen LogP contribution in [0.5, 0.6) is 0 Å². The summed E-state index contributed by atoms with van der Waals surface area (Å²) < 4.78 is 0. The fraction of sp³-hybridized carbons (Fsp3) is 0.909. The second-order valence-electron chi connectivity index (χ2n) is 4.72. The fourth-order valence-electron chi connectivity index (χ4n) is 2.42. The van der Waals surface area contributed by atoms with Gasteiger partial charge in [-0.15, -0.1) is 0 Å². The largest absolute Gasteiger partial charge is 0.300 e. The molecule has 2 saturated carbocycles. The number of carbonyl (C=O) groups is 1. The van der Waals surface area contributed by atoms with Gasteiger partial charge in [-0.1, -0.05) is 6.92 Å². The lowest BCUT2D eigenvalue weighted by atomic mass is 9.84. The third-order valence-electron chi connectivity index (χ3n) is 3.62. The Balaban J connectivity index is 1.97. The topological polar surface area (TPSA) is 20.3 Å². The van der Waals surface area contributed by atoms with E-state index in [1.807, 2.05) is 0 Å². The van der Waals surface area contributed by atoms with Crippen molar-refractivity contribution in [3.63, 3.8) is 0 Å². The Morgan fingerprint density at radius 2 is 2.00 bits per heavy atom. The van der Waals surface area contributed by atoms with Gasteiger partial charge in [-0.2, -0.15) is 0 Å². The minimum absolute atomic E-state index is 0.468. The monoisotopic (exact) mass is 181 g/mol. The second-order valence-corrected chi connectivity index (χ2v) is 4.72. The molecule has 0 radical (unpaired) electrons. The van der Waals surface area contributed by atoms with Crippen molar-refractivity contribution in [2.24, 2.45) is 5.92 Å². The maximum Gasteiger partial charge on any atom is 0.134 e. The third-order valence-corrected chi connectivity index (χ3v) is 3.62. The molecule has 2 atom stereocenters. The Morgan fingerprint density at radius 3 is 2.62 bits per heavy atom. The molecule has 13 heavy (non-hydrogen) atoms. The minimum atomic E-state index is 0.468. The van der Waals surface area contributed by atoms with Gasteiger partial charge in [0.25, 0.3) is 0 Å². The first-order chi connectivity index (χ1) is 6.18. The molecule has 0 aliphatic heterocycles. The summed E-state index contributed by atoms with van der Waals surface area (Å²) in [7, 11) is 2.19. The Morgan fingerprint density at radius 1 is 1.31 bits per heavy atom. The summed E-state index contributed by atoms with van der Waals surface area (Å²) in [5.74, 6) is 1.18. The molecular weight excluding hydrogens is 162 g/mol. The van der Waals surface area contributed by atoms with Gasteiger partial charge in [0, 0.05) is 24.9 Å². The third kappa shape index (κ3) is 1.93. The lowest BCUT2D eigenvalue weighted by molar-refractivity contribution is -0.123. The van der Waals surface area contributed by atoms with E-state index < -0.39 is 0 Å². The smallest absolute Gasteiger partial charge is 0.134 e.